The first-order chi connectivity index (χ1) is 27.5. The molecule has 2 aromatic carbocycles. The summed E-state index contributed by atoms with van der Waals surface area (Å²) < 4.78 is 74.0. The molecule has 61 heavy (non-hydrogen) atoms. The van der Waals surface area contributed by atoms with Gasteiger partial charge in [0, 0.05) is 43.6 Å². The minimum absolute atomic E-state index is 0. The molecule has 4 heterocycles. The normalized spacial score (nSPS) is 15.7. The molecular formula is C50H54F6IrN4-4. The van der Waals surface area contributed by atoms with Crippen molar-refractivity contribution >= 4 is 0 Å². The SMILES string of the molecule is CC(C)(C)c1c[c-]c(-c2cc(C(C)(C)C)ccn2)cc1.CC(C)(C)c1c[c-]c(-c2cc(C(C)(C)C)ccn2)cc1.FC(F)(F)C1=C[N-]C(=C2C=CC(C(F)(F)F)=C[N-]2)C=C1.[Ir]. The van der Waals surface area contributed by atoms with E-state index in [0.717, 1.165) is 46.8 Å². The van der Waals surface area contributed by atoms with E-state index in [0.29, 0.717) is 12.4 Å². The van der Waals surface area contributed by atoms with Gasteiger partial charge in [0.25, 0.3) is 0 Å². The molecule has 0 spiro atoms. The smallest absolute Gasteiger partial charge is 0.414 e. The van der Waals surface area contributed by atoms with Gasteiger partial charge in [0.2, 0.25) is 0 Å². The van der Waals surface area contributed by atoms with Gasteiger partial charge in [-0.25, -0.2) is 0 Å². The van der Waals surface area contributed by atoms with Crippen LogP contribution in [-0.2, 0) is 41.8 Å². The zero-order chi connectivity index (χ0) is 44.9. The molecule has 0 fully saturated rings. The molecule has 1 radical (unpaired) electrons. The van der Waals surface area contributed by atoms with Crippen LogP contribution in [0.25, 0.3) is 33.1 Å². The van der Waals surface area contributed by atoms with Gasteiger partial charge in [0.05, 0.1) is 0 Å². The monoisotopic (exact) mass is 1020 g/mol. The van der Waals surface area contributed by atoms with Gasteiger partial charge in [-0.1, -0.05) is 120 Å². The van der Waals surface area contributed by atoms with E-state index < -0.39 is 23.5 Å². The molecule has 4 nitrogen and oxygen atoms in total. The van der Waals surface area contributed by atoms with Crippen LogP contribution in [0, 0.1) is 12.1 Å². The van der Waals surface area contributed by atoms with Crippen LogP contribution >= 0.6 is 0 Å². The Morgan fingerprint density at radius 2 is 0.770 bits per heavy atom. The van der Waals surface area contributed by atoms with Gasteiger partial charge in [-0.15, -0.1) is 70.8 Å². The Labute approximate surface area is 371 Å². The molecule has 0 amide bonds. The minimum atomic E-state index is -4.51. The summed E-state index contributed by atoms with van der Waals surface area (Å²) in [4.78, 5) is 8.97. The Hall–Kier alpha value is -4.73. The fraction of sp³-hybridized carbons (Fsp3) is 0.360. The molecule has 0 atom stereocenters. The van der Waals surface area contributed by atoms with E-state index in [-0.39, 0.29) is 53.2 Å². The Balaban J connectivity index is 0.000000242. The molecule has 11 heteroatoms. The van der Waals surface area contributed by atoms with Crippen molar-refractivity contribution in [3.05, 3.63) is 177 Å². The molecule has 6 rings (SSSR count). The topological polar surface area (TPSA) is 54.0 Å². The summed E-state index contributed by atoms with van der Waals surface area (Å²) in [5, 5.41) is 7.09. The second kappa shape index (κ2) is 19.5. The van der Waals surface area contributed by atoms with E-state index in [1.807, 2.05) is 12.4 Å². The van der Waals surface area contributed by atoms with Crippen molar-refractivity contribution in [3.63, 3.8) is 0 Å². The Morgan fingerprint density at radius 1 is 0.443 bits per heavy atom. The second-order valence-electron chi connectivity index (χ2n) is 18.7. The van der Waals surface area contributed by atoms with Crippen molar-refractivity contribution in [1.82, 2.24) is 9.97 Å². The minimum Gasteiger partial charge on any atom is -0.665 e. The maximum Gasteiger partial charge on any atom is 0.414 e. The van der Waals surface area contributed by atoms with Crippen molar-refractivity contribution in [1.29, 1.82) is 0 Å². The molecule has 2 aliphatic heterocycles. The predicted octanol–water partition coefficient (Wildman–Crippen LogP) is 15.3. The molecule has 0 N–H and O–H groups in total. The molecule has 4 aromatic rings. The molecule has 0 unspecified atom stereocenters. The van der Waals surface area contributed by atoms with E-state index >= 15 is 0 Å². The third-order valence-corrected chi connectivity index (χ3v) is 9.61. The molecule has 2 aromatic heterocycles. The molecular weight excluding hydrogens is 963 g/mol. The van der Waals surface area contributed by atoms with Crippen molar-refractivity contribution in [2.24, 2.45) is 0 Å². The summed E-state index contributed by atoms with van der Waals surface area (Å²) in [5.41, 5.74) is 8.18. The summed E-state index contributed by atoms with van der Waals surface area (Å²) >= 11 is 0. The van der Waals surface area contributed by atoms with Gasteiger partial charge >= 0.3 is 12.4 Å². The van der Waals surface area contributed by atoms with Crippen LogP contribution in [0.5, 0.6) is 0 Å². The fourth-order valence-corrected chi connectivity index (χ4v) is 5.62. The van der Waals surface area contributed by atoms with Gasteiger partial charge in [-0.2, -0.15) is 50.1 Å². The van der Waals surface area contributed by atoms with Crippen LogP contribution in [0.15, 0.2) is 132 Å². The summed E-state index contributed by atoms with van der Waals surface area (Å²) in [6.45, 7) is 26.6. The quantitative estimate of drug-likeness (QED) is 0.148. The third-order valence-electron chi connectivity index (χ3n) is 9.61. The Bertz CT molecular complexity index is 2090. The van der Waals surface area contributed by atoms with Gasteiger partial charge in [0.1, 0.15) is 0 Å². The third kappa shape index (κ3) is 14.7. The van der Waals surface area contributed by atoms with Crippen LogP contribution < -0.4 is 0 Å². The number of pyridine rings is 2. The van der Waals surface area contributed by atoms with Crippen molar-refractivity contribution in [3.8, 4) is 22.5 Å². The van der Waals surface area contributed by atoms with E-state index in [1.54, 1.807) is 0 Å². The molecule has 0 saturated heterocycles. The number of rotatable bonds is 2. The van der Waals surface area contributed by atoms with Crippen LogP contribution in [0.2, 0.25) is 0 Å². The first-order valence-corrected chi connectivity index (χ1v) is 19.6. The van der Waals surface area contributed by atoms with Crippen molar-refractivity contribution < 1.29 is 46.4 Å². The standard InChI is InChI=1S/2C19H24N.C12H6F6N2.Ir/c2*1-18(2,3)15-9-7-14(8-10-15)17-13-16(11-12-20-17)19(4,5)6;13-11(14,15)7-1-3-9(19-5-7)10-4-2-8(6-20-10)12(16,17)18;/h2*7,9-13H,1-6H3;1-6H;/q2*-1;-2;. The molecule has 0 aliphatic carbocycles. The maximum atomic E-state index is 12.3. The number of aromatic nitrogens is 2. The largest absolute Gasteiger partial charge is 0.665 e. The summed E-state index contributed by atoms with van der Waals surface area (Å²) in [6, 6.07) is 28.0. The van der Waals surface area contributed by atoms with Crippen LogP contribution in [0.1, 0.15) is 105 Å². The maximum absolute atomic E-state index is 12.3. The first kappa shape index (κ1) is 50.6. The van der Waals surface area contributed by atoms with Crippen LogP contribution in [0.4, 0.5) is 26.3 Å². The number of benzene rings is 2. The van der Waals surface area contributed by atoms with Crippen molar-refractivity contribution in [2.75, 3.05) is 0 Å². The van der Waals surface area contributed by atoms with E-state index in [4.69, 9.17) is 0 Å². The predicted molar refractivity (Wildman–Crippen MR) is 232 cm³/mol. The van der Waals surface area contributed by atoms with Crippen molar-refractivity contribution in [2.45, 2.75) is 117 Å². The number of hydrogen-bond donors (Lipinski definition) is 0. The number of hydrogen-bond acceptors (Lipinski definition) is 2. The van der Waals surface area contributed by atoms with E-state index in [9.17, 15) is 26.3 Å². The summed E-state index contributed by atoms with van der Waals surface area (Å²) in [5.74, 6) is 0. The average Bonchev–Trinajstić information content (AvgIpc) is 3.17. The van der Waals surface area contributed by atoms with E-state index in [2.05, 4.69) is 176 Å². The average molecular weight is 1020 g/mol. The zero-order valence-electron chi connectivity index (χ0n) is 36.8. The molecule has 329 valence electrons. The second-order valence-corrected chi connectivity index (χ2v) is 18.7. The van der Waals surface area contributed by atoms with Crippen LogP contribution in [0.3, 0.4) is 0 Å². The number of alkyl halides is 6. The zero-order valence-corrected chi connectivity index (χ0v) is 39.2. The van der Waals surface area contributed by atoms with Gasteiger partial charge in [-0.3, -0.25) is 0 Å². The Kier molecular flexibility index (Phi) is 16.2. The molecule has 0 bridgehead atoms. The van der Waals surface area contributed by atoms with Gasteiger partial charge < -0.3 is 20.6 Å². The summed E-state index contributed by atoms with van der Waals surface area (Å²) in [7, 11) is 0. The Morgan fingerprint density at radius 3 is 1.00 bits per heavy atom. The molecule has 2 aliphatic rings. The van der Waals surface area contributed by atoms with Gasteiger partial charge in [0.15, 0.2) is 0 Å². The van der Waals surface area contributed by atoms with Crippen LogP contribution in [-0.4, -0.2) is 22.3 Å². The van der Waals surface area contributed by atoms with E-state index in [1.165, 1.54) is 22.3 Å². The number of halogens is 6. The fourth-order valence-electron chi connectivity index (χ4n) is 5.62. The number of allylic oxidation sites excluding steroid dienone is 6. The summed E-state index contributed by atoms with van der Waals surface area (Å²) in [6.07, 6.45) is -0.343. The number of nitrogens with zero attached hydrogens (tertiary/aromatic N) is 4. The molecule has 0 saturated carbocycles. The van der Waals surface area contributed by atoms with Gasteiger partial charge in [-0.05, 0) is 56.3 Å². The first-order valence-electron chi connectivity index (χ1n) is 19.6.